The number of aliphatic carboxylic acids is 1. The minimum atomic E-state index is -3.93. The summed E-state index contributed by atoms with van der Waals surface area (Å²) in [7, 11) is -2.72. The first-order chi connectivity index (χ1) is 10.7. The van der Waals surface area contributed by atoms with Gasteiger partial charge < -0.3 is 10.0 Å². The molecule has 1 unspecified atom stereocenters. The molecule has 0 aromatic heterocycles. The van der Waals surface area contributed by atoms with Crippen molar-refractivity contribution in [2.24, 2.45) is 0 Å². The van der Waals surface area contributed by atoms with Crippen molar-refractivity contribution in [3.8, 4) is 0 Å². The van der Waals surface area contributed by atoms with E-state index in [2.05, 4.69) is 0 Å². The summed E-state index contributed by atoms with van der Waals surface area (Å²) in [6.07, 6.45) is 0. The van der Waals surface area contributed by atoms with Crippen molar-refractivity contribution in [2.75, 3.05) is 20.1 Å². The second-order valence-corrected chi connectivity index (χ2v) is 7.03. The quantitative estimate of drug-likeness (QED) is 0.805. The van der Waals surface area contributed by atoms with Gasteiger partial charge in [0.2, 0.25) is 10.0 Å². The molecule has 0 saturated carbocycles. The fourth-order valence-corrected chi connectivity index (χ4v) is 3.31. The van der Waals surface area contributed by atoms with E-state index in [-0.39, 0.29) is 10.8 Å². The highest BCUT2D eigenvalue weighted by atomic mass is 32.2. The molecular weight excluding hydrogens is 320 g/mol. The second-order valence-electron chi connectivity index (χ2n) is 5.04. The third-order valence-electron chi connectivity index (χ3n) is 3.73. The Morgan fingerprint density at radius 2 is 1.61 bits per heavy atom. The molecule has 1 atom stereocenters. The van der Waals surface area contributed by atoms with Crippen molar-refractivity contribution in [2.45, 2.75) is 31.7 Å². The maximum absolute atomic E-state index is 12.4. The van der Waals surface area contributed by atoms with Gasteiger partial charge in [-0.2, -0.15) is 4.31 Å². The normalized spacial score (nSPS) is 12.9. The molecule has 0 radical (unpaired) electrons. The Hall–Kier alpha value is -1.93. The van der Waals surface area contributed by atoms with E-state index in [9.17, 15) is 18.0 Å². The smallest absolute Gasteiger partial charge is 0.321 e. The number of likely N-dealkylation sites (N-methyl/N-ethyl adjacent to an activating group) is 1. The largest absolute Gasteiger partial charge is 0.480 e. The average molecular weight is 342 g/mol. The number of carbonyl (C=O) groups is 2. The Labute approximate surface area is 136 Å². The molecule has 1 amide bonds. The lowest BCUT2D eigenvalue weighted by Gasteiger charge is -2.21. The highest BCUT2D eigenvalue weighted by molar-refractivity contribution is 7.89. The Bertz CT molecular complexity index is 666. The van der Waals surface area contributed by atoms with Gasteiger partial charge in [0.25, 0.3) is 5.91 Å². The first-order valence-corrected chi connectivity index (χ1v) is 8.71. The summed E-state index contributed by atoms with van der Waals surface area (Å²) in [4.78, 5) is 24.7. The number of carboxylic acid groups (broad SMARTS) is 1. The highest BCUT2D eigenvalue weighted by Gasteiger charge is 2.29. The SMILES string of the molecule is CCN(CC)C(=O)c1ccc(S(=O)(=O)N(C)C(C)C(=O)O)cc1. The molecule has 0 aliphatic carbocycles. The van der Waals surface area contributed by atoms with Gasteiger partial charge in [0.1, 0.15) is 6.04 Å². The predicted molar refractivity (Wildman–Crippen MR) is 85.7 cm³/mol. The number of carbonyl (C=O) groups excluding carboxylic acids is 1. The van der Waals surface area contributed by atoms with Gasteiger partial charge in [0, 0.05) is 25.7 Å². The molecule has 7 nitrogen and oxygen atoms in total. The number of hydrogen-bond acceptors (Lipinski definition) is 4. The average Bonchev–Trinajstić information content (AvgIpc) is 2.54. The van der Waals surface area contributed by atoms with E-state index in [0.717, 1.165) is 4.31 Å². The highest BCUT2D eigenvalue weighted by Crippen LogP contribution is 2.18. The molecule has 1 aromatic carbocycles. The lowest BCUT2D eigenvalue weighted by Crippen LogP contribution is -2.40. The van der Waals surface area contributed by atoms with E-state index in [4.69, 9.17) is 5.11 Å². The zero-order chi connectivity index (χ0) is 17.8. The van der Waals surface area contributed by atoms with Gasteiger partial charge in [-0.15, -0.1) is 0 Å². The Kier molecular flexibility index (Phi) is 6.28. The molecular formula is C15H22N2O5S. The van der Waals surface area contributed by atoms with Gasteiger partial charge in [-0.1, -0.05) is 0 Å². The number of nitrogens with zero attached hydrogens (tertiary/aromatic N) is 2. The summed E-state index contributed by atoms with van der Waals surface area (Å²) in [6.45, 7) is 6.14. The van der Waals surface area contributed by atoms with Crippen molar-refractivity contribution < 1.29 is 23.1 Å². The first kappa shape index (κ1) is 19.1. The van der Waals surface area contributed by atoms with Crippen LogP contribution in [0.25, 0.3) is 0 Å². The summed E-state index contributed by atoms with van der Waals surface area (Å²) in [5.41, 5.74) is 0.390. The van der Waals surface area contributed by atoms with Crippen LogP contribution in [0, 0.1) is 0 Å². The molecule has 0 aliphatic rings. The number of amides is 1. The van der Waals surface area contributed by atoms with E-state index in [1.165, 1.54) is 38.2 Å². The van der Waals surface area contributed by atoms with Crippen LogP contribution in [-0.2, 0) is 14.8 Å². The van der Waals surface area contributed by atoms with E-state index in [1.807, 2.05) is 13.8 Å². The molecule has 0 heterocycles. The van der Waals surface area contributed by atoms with Gasteiger partial charge in [0.15, 0.2) is 0 Å². The van der Waals surface area contributed by atoms with Crippen molar-refractivity contribution in [3.05, 3.63) is 29.8 Å². The van der Waals surface area contributed by atoms with Crippen LogP contribution in [0.4, 0.5) is 0 Å². The van der Waals surface area contributed by atoms with Crippen LogP contribution in [0.1, 0.15) is 31.1 Å². The Morgan fingerprint density at radius 1 is 1.13 bits per heavy atom. The maximum Gasteiger partial charge on any atom is 0.321 e. The Morgan fingerprint density at radius 3 is 2.00 bits per heavy atom. The van der Waals surface area contributed by atoms with Gasteiger partial charge in [-0.3, -0.25) is 9.59 Å². The van der Waals surface area contributed by atoms with Gasteiger partial charge in [0.05, 0.1) is 4.90 Å². The zero-order valence-corrected chi connectivity index (χ0v) is 14.5. The molecule has 0 aliphatic heterocycles. The molecule has 0 fully saturated rings. The van der Waals surface area contributed by atoms with Crippen LogP contribution in [0.15, 0.2) is 29.2 Å². The van der Waals surface area contributed by atoms with Crippen molar-refractivity contribution in [1.82, 2.24) is 9.21 Å². The van der Waals surface area contributed by atoms with Crippen molar-refractivity contribution >= 4 is 21.9 Å². The standard InChI is InChI=1S/C15H22N2O5S/c1-5-17(6-2)14(18)12-7-9-13(10-8-12)23(21,22)16(4)11(3)15(19)20/h7-11H,5-6H2,1-4H3,(H,19,20). The van der Waals surface area contributed by atoms with Crippen molar-refractivity contribution in [3.63, 3.8) is 0 Å². The molecule has 1 aromatic rings. The van der Waals surface area contributed by atoms with Crippen molar-refractivity contribution in [1.29, 1.82) is 0 Å². The third-order valence-corrected chi connectivity index (χ3v) is 5.67. The van der Waals surface area contributed by atoms with Gasteiger partial charge >= 0.3 is 5.97 Å². The van der Waals surface area contributed by atoms with Crippen LogP contribution < -0.4 is 0 Å². The number of benzene rings is 1. The lowest BCUT2D eigenvalue weighted by molar-refractivity contribution is -0.140. The van der Waals surface area contributed by atoms with Crippen LogP contribution in [-0.4, -0.2) is 60.8 Å². The fourth-order valence-electron chi connectivity index (χ4n) is 1.99. The minimum absolute atomic E-state index is 0.0517. The van der Waals surface area contributed by atoms with Crippen LogP contribution in [0.2, 0.25) is 0 Å². The van der Waals surface area contributed by atoms with Gasteiger partial charge in [-0.25, -0.2) is 8.42 Å². The molecule has 23 heavy (non-hydrogen) atoms. The van der Waals surface area contributed by atoms with E-state index in [0.29, 0.717) is 18.7 Å². The topological polar surface area (TPSA) is 95.0 Å². The summed E-state index contributed by atoms with van der Waals surface area (Å²) < 4.78 is 25.5. The lowest BCUT2D eigenvalue weighted by atomic mass is 10.2. The van der Waals surface area contributed by atoms with Crippen LogP contribution in [0.5, 0.6) is 0 Å². The Balaban J connectivity index is 3.08. The van der Waals surface area contributed by atoms with E-state index in [1.54, 1.807) is 4.90 Å². The minimum Gasteiger partial charge on any atom is -0.480 e. The monoisotopic (exact) mass is 342 g/mol. The molecule has 0 spiro atoms. The number of hydrogen-bond donors (Lipinski definition) is 1. The maximum atomic E-state index is 12.4. The number of sulfonamides is 1. The second kappa shape index (κ2) is 7.56. The number of rotatable bonds is 7. The fraction of sp³-hybridized carbons (Fsp3) is 0.467. The van der Waals surface area contributed by atoms with Gasteiger partial charge in [-0.05, 0) is 45.0 Å². The molecule has 8 heteroatoms. The molecule has 0 bridgehead atoms. The molecule has 0 saturated heterocycles. The van der Waals surface area contributed by atoms with E-state index >= 15 is 0 Å². The van der Waals surface area contributed by atoms with E-state index < -0.39 is 22.0 Å². The summed E-state index contributed by atoms with van der Waals surface area (Å²) in [6, 6.07) is 4.32. The predicted octanol–water partition coefficient (Wildman–Crippen LogP) is 1.26. The molecule has 1 rings (SSSR count). The third kappa shape index (κ3) is 4.08. The molecule has 128 valence electrons. The summed E-state index contributed by atoms with van der Waals surface area (Å²) in [5, 5.41) is 8.94. The van der Waals surface area contributed by atoms with Crippen LogP contribution in [0.3, 0.4) is 0 Å². The first-order valence-electron chi connectivity index (χ1n) is 7.26. The zero-order valence-electron chi connectivity index (χ0n) is 13.7. The number of carboxylic acids is 1. The summed E-state index contributed by atoms with van der Waals surface area (Å²) in [5.74, 6) is -1.41. The molecule has 1 N–H and O–H groups in total. The van der Waals surface area contributed by atoms with Crippen LogP contribution >= 0.6 is 0 Å². The summed E-state index contributed by atoms with van der Waals surface area (Å²) >= 11 is 0.